The van der Waals surface area contributed by atoms with Crippen LogP contribution in [0.1, 0.15) is 55.9 Å². The molecule has 0 aliphatic heterocycles. The Kier molecular flexibility index (Phi) is 5.91. The number of amides is 1. The van der Waals surface area contributed by atoms with Gasteiger partial charge in [0.1, 0.15) is 22.8 Å². The Hall–Kier alpha value is -3.21. The van der Waals surface area contributed by atoms with E-state index in [4.69, 9.17) is 5.73 Å². The van der Waals surface area contributed by atoms with E-state index in [9.17, 15) is 39.9 Å². The predicted molar refractivity (Wildman–Crippen MR) is 134 cm³/mol. The molecule has 3 aliphatic rings. The van der Waals surface area contributed by atoms with E-state index in [2.05, 4.69) is 0 Å². The van der Waals surface area contributed by atoms with Crippen LogP contribution in [0.25, 0.3) is 5.76 Å². The van der Waals surface area contributed by atoms with Gasteiger partial charge < -0.3 is 31.3 Å². The third kappa shape index (κ3) is 3.32. The number of nitrogens with zero attached hydrogens (tertiary/aromatic N) is 1. The summed E-state index contributed by atoms with van der Waals surface area (Å²) in [6.45, 7) is 9.16. The number of phenols is 1. The summed E-state index contributed by atoms with van der Waals surface area (Å²) in [5.74, 6) is -8.84. The number of phenolic OH excluding ortho intramolecular Hbond substituents is 1. The van der Waals surface area contributed by atoms with Gasteiger partial charge in [-0.15, -0.1) is 0 Å². The van der Waals surface area contributed by atoms with Gasteiger partial charge in [0.05, 0.1) is 23.6 Å². The maximum Gasteiger partial charge on any atom is 0.255 e. The van der Waals surface area contributed by atoms with Crippen molar-refractivity contribution in [3.8, 4) is 5.75 Å². The number of Topliss-reactive ketones (excluding diaryl/α,β-unsaturated/α-hetero) is 2. The van der Waals surface area contributed by atoms with Gasteiger partial charge in [-0.1, -0.05) is 33.8 Å². The van der Waals surface area contributed by atoms with Gasteiger partial charge in [0, 0.05) is 17.1 Å². The lowest BCUT2D eigenvalue weighted by molar-refractivity contribution is -0.169. The largest absolute Gasteiger partial charge is 0.508 e. The molecule has 7 N–H and O–H groups in total. The maximum absolute atomic E-state index is 14.0. The molecule has 6 atom stereocenters. The third-order valence-corrected chi connectivity index (χ3v) is 8.24. The van der Waals surface area contributed by atoms with Gasteiger partial charge >= 0.3 is 0 Å². The average molecular weight is 515 g/mol. The van der Waals surface area contributed by atoms with Gasteiger partial charge in [-0.25, -0.2) is 0 Å². The van der Waals surface area contributed by atoms with Crippen LogP contribution < -0.4 is 5.73 Å². The molecule has 37 heavy (non-hydrogen) atoms. The van der Waals surface area contributed by atoms with E-state index in [-0.39, 0.29) is 11.3 Å². The molecule has 0 spiro atoms. The number of aryl methyl sites for hydroxylation is 1. The first kappa shape index (κ1) is 26.8. The number of benzene rings is 1. The van der Waals surface area contributed by atoms with Crippen LogP contribution in [0.4, 0.5) is 0 Å². The molecule has 0 bridgehead atoms. The zero-order valence-electron chi connectivity index (χ0n) is 21.9. The van der Waals surface area contributed by atoms with Crippen molar-refractivity contribution in [3.05, 3.63) is 45.2 Å². The third-order valence-electron chi connectivity index (χ3n) is 8.24. The van der Waals surface area contributed by atoms with Crippen molar-refractivity contribution in [1.82, 2.24) is 4.90 Å². The molecule has 0 unspecified atom stereocenters. The topological polar surface area (TPSA) is 182 Å². The number of rotatable bonds is 2. The molecule has 10 heteroatoms. The number of hydrogen-bond donors (Lipinski definition) is 6. The Balaban J connectivity index is 2.10. The summed E-state index contributed by atoms with van der Waals surface area (Å²) in [5, 5.41) is 57.1. The molecule has 4 rings (SSSR count). The second-order valence-corrected chi connectivity index (χ2v) is 11.7. The molecule has 1 saturated carbocycles. The van der Waals surface area contributed by atoms with E-state index in [1.54, 1.807) is 19.9 Å². The highest BCUT2D eigenvalue weighted by Gasteiger charge is 2.68. The molecule has 0 saturated heterocycles. The van der Waals surface area contributed by atoms with Gasteiger partial charge in [-0.2, -0.15) is 0 Å². The normalized spacial score (nSPS) is 31.9. The number of hydrogen-bond acceptors (Lipinski definition) is 9. The number of carbonyl (C=O) groups excluding carboxylic acids is 3. The molecule has 1 aromatic rings. The molecular formula is C27H34N2O8. The maximum atomic E-state index is 14.0. The number of carbonyl (C=O) groups is 3. The highest BCUT2D eigenvalue weighted by molar-refractivity contribution is 6.24. The first-order valence-electron chi connectivity index (χ1n) is 12.1. The minimum Gasteiger partial charge on any atom is -0.508 e. The van der Waals surface area contributed by atoms with Crippen LogP contribution in [-0.4, -0.2) is 79.7 Å². The van der Waals surface area contributed by atoms with Crippen molar-refractivity contribution in [1.29, 1.82) is 0 Å². The Morgan fingerprint density at radius 3 is 2.19 bits per heavy atom. The first-order valence-corrected chi connectivity index (χ1v) is 12.1. The number of primary amides is 1. The lowest BCUT2D eigenvalue weighted by atomic mass is 9.54. The molecule has 1 fully saturated rings. The molecular weight excluding hydrogens is 480 g/mol. The van der Waals surface area contributed by atoms with Crippen molar-refractivity contribution < 1.29 is 39.9 Å². The lowest BCUT2D eigenvalue weighted by Crippen LogP contribution is -2.70. The fraction of sp³-hybridized carbons (Fsp3) is 0.519. The summed E-state index contributed by atoms with van der Waals surface area (Å²) in [6, 6.07) is 0.425. The predicted octanol–water partition coefficient (Wildman–Crippen LogP) is 1.10. The van der Waals surface area contributed by atoms with Crippen LogP contribution >= 0.6 is 0 Å². The molecule has 1 aromatic carbocycles. The van der Waals surface area contributed by atoms with E-state index in [1.807, 2.05) is 20.8 Å². The first-order chi connectivity index (χ1) is 16.9. The average Bonchev–Trinajstić information content (AvgIpc) is 2.76. The van der Waals surface area contributed by atoms with E-state index < -0.39 is 81.1 Å². The van der Waals surface area contributed by atoms with Crippen molar-refractivity contribution in [3.63, 3.8) is 0 Å². The summed E-state index contributed by atoms with van der Waals surface area (Å²) in [7, 11) is 2.94. The number of aliphatic hydroxyl groups is 4. The fourth-order valence-electron chi connectivity index (χ4n) is 6.59. The van der Waals surface area contributed by atoms with Crippen molar-refractivity contribution in [2.45, 2.75) is 63.7 Å². The van der Waals surface area contributed by atoms with Crippen LogP contribution in [0.3, 0.4) is 0 Å². The Bertz CT molecular complexity index is 1320. The van der Waals surface area contributed by atoms with E-state index in [0.717, 1.165) is 5.56 Å². The second kappa shape index (κ2) is 8.14. The van der Waals surface area contributed by atoms with Crippen molar-refractivity contribution >= 4 is 23.2 Å². The van der Waals surface area contributed by atoms with Gasteiger partial charge in [0.2, 0.25) is 5.78 Å². The van der Waals surface area contributed by atoms with Crippen LogP contribution in [0.5, 0.6) is 5.75 Å². The summed E-state index contributed by atoms with van der Waals surface area (Å²) >= 11 is 0. The summed E-state index contributed by atoms with van der Waals surface area (Å²) in [6.07, 6.45) is -1.61. The fourth-order valence-corrected chi connectivity index (χ4v) is 6.59. The van der Waals surface area contributed by atoms with Crippen LogP contribution in [0.15, 0.2) is 23.0 Å². The van der Waals surface area contributed by atoms with E-state index in [1.165, 1.54) is 19.0 Å². The monoisotopic (exact) mass is 514 g/mol. The highest BCUT2D eigenvalue weighted by atomic mass is 16.4. The standard InChI is InChI=1S/C27H34N2O8/c1-9-8-11(26(3,4)5)19(30)14-12(9)10(2)13-15(20(14)31)23(34)27(37)17(21(13)32)18(29(6)7)22(33)16(24(27)35)25(28)36/h8,10,13,17-18,21,30-32,35,37H,1-7H3,(H2,28,36)/t10-,13+,17+,18-,21-,27-/m0/s1. The van der Waals surface area contributed by atoms with E-state index >= 15 is 0 Å². The molecule has 0 aromatic heterocycles. The van der Waals surface area contributed by atoms with Gasteiger partial charge in [-0.05, 0) is 43.5 Å². The SMILES string of the molecule is Cc1cc(C(C)(C)C)c(O)c2c1[C@H](C)[C@@H]1C(=C2O)C(=O)[C@]2(O)C(O)=C(C(N)=O)C(=O)[C@@H](N(C)C)[C@@H]2[C@H]1O. The van der Waals surface area contributed by atoms with E-state index in [0.29, 0.717) is 11.1 Å². The quantitative estimate of drug-likeness (QED) is 0.315. The molecule has 3 aliphatic carbocycles. The number of likely N-dealkylation sites (N-methyl/N-ethyl adjacent to an activating group) is 1. The molecule has 10 nitrogen and oxygen atoms in total. The number of nitrogens with two attached hydrogens (primary N) is 1. The summed E-state index contributed by atoms with van der Waals surface area (Å²) < 4.78 is 0. The number of ketones is 2. The smallest absolute Gasteiger partial charge is 0.255 e. The van der Waals surface area contributed by atoms with Gasteiger partial charge in [0.25, 0.3) is 5.91 Å². The Morgan fingerprint density at radius 1 is 1.14 bits per heavy atom. The molecule has 1 amide bonds. The van der Waals surface area contributed by atoms with Gasteiger partial charge in [-0.3, -0.25) is 19.3 Å². The molecule has 0 heterocycles. The zero-order chi connectivity index (χ0) is 28.1. The van der Waals surface area contributed by atoms with Crippen LogP contribution in [-0.2, 0) is 19.8 Å². The van der Waals surface area contributed by atoms with Crippen molar-refractivity contribution in [2.24, 2.45) is 17.6 Å². The Morgan fingerprint density at radius 2 is 1.70 bits per heavy atom. The zero-order valence-corrected chi connectivity index (χ0v) is 21.9. The Labute approximate surface area is 214 Å². The lowest BCUT2D eigenvalue weighted by Gasteiger charge is -2.54. The van der Waals surface area contributed by atoms with Crippen LogP contribution in [0, 0.1) is 18.8 Å². The number of aromatic hydroxyl groups is 1. The van der Waals surface area contributed by atoms with Crippen molar-refractivity contribution in [2.75, 3.05) is 14.1 Å². The number of aliphatic hydroxyl groups excluding tert-OH is 3. The second-order valence-electron chi connectivity index (χ2n) is 11.7. The van der Waals surface area contributed by atoms with Gasteiger partial charge in [0.15, 0.2) is 11.4 Å². The summed E-state index contributed by atoms with van der Waals surface area (Å²) in [5.41, 5.74) is 2.35. The highest BCUT2D eigenvalue weighted by Crippen LogP contribution is 2.57. The van der Waals surface area contributed by atoms with Crippen LogP contribution in [0.2, 0.25) is 0 Å². The number of fused-ring (bicyclic) bond motifs is 3. The molecule has 0 radical (unpaired) electrons. The molecule has 200 valence electrons. The minimum atomic E-state index is -2.92. The minimum absolute atomic E-state index is 0.0147. The summed E-state index contributed by atoms with van der Waals surface area (Å²) in [4.78, 5) is 40.7.